The van der Waals surface area contributed by atoms with Crippen LogP contribution in [-0.2, 0) is 0 Å². The third-order valence-electron chi connectivity index (χ3n) is 10.8. The summed E-state index contributed by atoms with van der Waals surface area (Å²) in [5.41, 5.74) is 8.69. The number of hydrogen-bond donors (Lipinski definition) is 0. The number of rotatable bonds is 5. The fourth-order valence-electron chi connectivity index (χ4n) is 8.28. The molecule has 0 bridgehead atoms. The number of fused-ring (bicyclic) bond motifs is 7. The van der Waals surface area contributed by atoms with Gasteiger partial charge in [0.25, 0.3) is 0 Å². The van der Waals surface area contributed by atoms with Gasteiger partial charge >= 0.3 is 0 Å². The summed E-state index contributed by atoms with van der Waals surface area (Å²) in [5, 5.41) is 9.40. The van der Waals surface area contributed by atoms with Crippen molar-refractivity contribution in [3.8, 4) is 51.0 Å². The van der Waals surface area contributed by atoms with Crippen molar-refractivity contribution < 1.29 is 0 Å². The van der Waals surface area contributed by atoms with Crippen LogP contribution in [0.1, 0.15) is 0 Å². The Labute approximate surface area is 317 Å². The molecule has 0 aliphatic rings. The zero-order chi connectivity index (χ0) is 36.3. The lowest BCUT2D eigenvalue weighted by Crippen LogP contribution is -2.02. The summed E-state index contributed by atoms with van der Waals surface area (Å²) >= 11 is 0. The van der Waals surface area contributed by atoms with Crippen LogP contribution >= 0.6 is 0 Å². The third-order valence-corrected chi connectivity index (χ3v) is 10.8. The molecule has 4 heteroatoms. The molecule has 0 saturated heterocycles. The molecule has 11 rings (SSSR count). The number of nitrogens with zero attached hydrogens (tertiary/aromatic N) is 4. The van der Waals surface area contributed by atoms with Gasteiger partial charge in [0.1, 0.15) is 0 Å². The molecule has 0 amide bonds. The van der Waals surface area contributed by atoms with E-state index in [1.807, 2.05) is 18.2 Å². The summed E-state index contributed by atoms with van der Waals surface area (Å²) in [6.07, 6.45) is 0. The maximum Gasteiger partial charge on any atom is 0.164 e. The second-order valence-electron chi connectivity index (χ2n) is 14.0. The molecule has 55 heavy (non-hydrogen) atoms. The van der Waals surface area contributed by atoms with Crippen LogP contribution in [0, 0.1) is 0 Å². The summed E-state index contributed by atoms with van der Waals surface area (Å²) in [7, 11) is 0. The Morgan fingerprint density at radius 3 is 1.65 bits per heavy atom. The van der Waals surface area contributed by atoms with E-state index < -0.39 is 0 Å². The van der Waals surface area contributed by atoms with Crippen LogP contribution in [0.4, 0.5) is 0 Å². The van der Waals surface area contributed by atoms with Gasteiger partial charge in [-0.05, 0) is 62.3 Å². The highest BCUT2D eigenvalue weighted by molar-refractivity contribution is 6.22. The lowest BCUT2D eigenvalue weighted by molar-refractivity contribution is 1.08. The molecule has 256 valence electrons. The highest BCUT2D eigenvalue weighted by atomic mass is 15.0. The lowest BCUT2D eigenvalue weighted by atomic mass is 10.0. The van der Waals surface area contributed by atoms with Gasteiger partial charge in [-0.25, -0.2) is 15.0 Å². The van der Waals surface area contributed by atoms with E-state index in [-0.39, 0.29) is 0 Å². The van der Waals surface area contributed by atoms with Crippen molar-refractivity contribution in [2.45, 2.75) is 0 Å². The first-order valence-corrected chi connectivity index (χ1v) is 18.6. The van der Waals surface area contributed by atoms with E-state index in [1.54, 1.807) is 0 Å². The Hall–Kier alpha value is -7.43. The second kappa shape index (κ2) is 12.6. The summed E-state index contributed by atoms with van der Waals surface area (Å²) in [6, 6.07) is 68.7. The molecule has 0 N–H and O–H groups in total. The summed E-state index contributed by atoms with van der Waals surface area (Å²) < 4.78 is 2.44. The molecule has 0 aliphatic carbocycles. The van der Waals surface area contributed by atoms with Crippen LogP contribution in [0.15, 0.2) is 194 Å². The van der Waals surface area contributed by atoms with Crippen molar-refractivity contribution in [2.24, 2.45) is 0 Å². The van der Waals surface area contributed by atoms with E-state index in [0.717, 1.165) is 49.4 Å². The Balaban J connectivity index is 1.18. The van der Waals surface area contributed by atoms with E-state index in [0.29, 0.717) is 17.5 Å². The fourth-order valence-corrected chi connectivity index (χ4v) is 8.28. The monoisotopic (exact) mass is 700 g/mol. The molecule has 2 heterocycles. The van der Waals surface area contributed by atoms with Crippen molar-refractivity contribution in [2.75, 3.05) is 0 Å². The zero-order valence-corrected chi connectivity index (χ0v) is 29.8. The smallest absolute Gasteiger partial charge is 0.164 e. The number of benzene rings is 9. The normalized spacial score (nSPS) is 11.6. The standard InChI is InChI=1S/C51H32N4/c1-3-14-33(15-4-1)37-26-28-44-47(32-37)55(46-30-27-35-17-8-10-22-39(35)48(44)46)45-31-29-43(40-23-11-12-24-41(40)45)51-53-49(36-18-5-2-6-19-36)52-50(54-51)42-25-13-20-34-16-7-9-21-38(34)42/h1-32H. The average molecular weight is 701 g/mol. The molecule has 2 aromatic heterocycles. The predicted molar refractivity (Wildman–Crippen MR) is 228 cm³/mol. The largest absolute Gasteiger partial charge is 0.309 e. The molecule has 0 radical (unpaired) electrons. The van der Waals surface area contributed by atoms with Crippen LogP contribution in [0.25, 0.3) is 105 Å². The summed E-state index contributed by atoms with van der Waals surface area (Å²) in [6.45, 7) is 0. The van der Waals surface area contributed by atoms with Crippen molar-refractivity contribution in [1.29, 1.82) is 0 Å². The van der Waals surface area contributed by atoms with Gasteiger partial charge < -0.3 is 4.57 Å². The third kappa shape index (κ3) is 5.11. The van der Waals surface area contributed by atoms with E-state index >= 15 is 0 Å². The van der Waals surface area contributed by atoms with Crippen molar-refractivity contribution in [3.63, 3.8) is 0 Å². The Bertz CT molecular complexity index is 3250. The second-order valence-corrected chi connectivity index (χ2v) is 14.0. The fraction of sp³-hybridized carbons (Fsp3) is 0. The van der Waals surface area contributed by atoms with E-state index in [2.05, 4.69) is 180 Å². The number of aromatic nitrogens is 4. The quantitative estimate of drug-likeness (QED) is 0.179. The Kier molecular flexibility index (Phi) is 7.14. The molecule has 0 fully saturated rings. The van der Waals surface area contributed by atoms with Crippen LogP contribution < -0.4 is 0 Å². The minimum absolute atomic E-state index is 0.638. The minimum atomic E-state index is 0.638. The maximum atomic E-state index is 5.24. The topological polar surface area (TPSA) is 43.6 Å². The first kappa shape index (κ1) is 31.1. The Morgan fingerprint density at radius 2 is 0.891 bits per heavy atom. The van der Waals surface area contributed by atoms with E-state index in [9.17, 15) is 0 Å². The molecule has 0 aliphatic heterocycles. The van der Waals surface area contributed by atoms with Crippen molar-refractivity contribution in [3.05, 3.63) is 194 Å². The van der Waals surface area contributed by atoms with Crippen LogP contribution in [0.5, 0.6) is 0 Å². The lowest BCUT2D eigenvalue weighted by Gasteiger charge is -2.16. The van der Waals surface area contributed by atoms with Crippen molar-refractivity contribution in [1.82, 2.24) is 19.5 Å². The SMILES string of the molecule is c1ccc(-c2ccc3c4c5ccccc5ccc4n(-c4ccc(-c5nc(-c6ccccc6)nc(-c6cccc7ccccc67)n5)c5ccccc45)c3c2)cc1. The molecular weight excluding hydrogens is 669 g/mol. The van der Waals surface area contributed by atoms with E-state index in [4.69, 9.17) is 15.0 Å². The van der Waals surface area contributed by atoms with Gasteiger partial charge in [0.15, 0.2) is 17.5 Å². The molecular formula is C51H32N4. The van der Waals surface area contributed by atoms with Gasteiger partial charge in [-0.15, -0.1) is 0 Å². The molecule has 0 saturated carbocycles. The molecule has 0 atom stereocenters. The Morgan fingerprint density at radius 1 is 0.309 bits per heavy atom. The van der Waals surface area contributed by atoms with Gasteiger partial charge in [-0.1, -0.05) is 170 Å². The summed E-state index contributed by atoms with van der Waals surface area (Å²) in [4.78, 5) is 15.5. The van der Waals surface area contributed by atoms with Crippen LogP contribution in [0.2, 0.25) is 0 Å². The summed E-state index contributed by atoms with van der Waals surface area (Å²) in [5.74, 6) is 1.93. The van der Waals surface area contributed by atoms with Crippen LogP contribution in [-0.4, -0.2) is 19.5 Å². The van der Waals surface area contributed by atoms with Crippen LogP contribution in [0.3, 0.4) is 0 Å². The predicted octanol–water partition coefficient (Wildman–Crippen LogP) is 13.1. The highest BCUT2D eigenvalue weighted by Crippen LogP contribution is 2.41. The minimum Gasteiger partial charge on any atom is -0.309 e. The van der Waals surface area contributed by atoms with Gasteiger partial charge in [0, 0.05) is 32.8 Å². The molecule has 9 aromatic carbocycles. The first-order valence-electron chi connectivity index (χ1n) is 18.6. The first-order chi connectivity index (χ1) is 27.3. The van der Waals surface area contributed by atoms with Gasteiger partial charge in [-0.2, -0.15) is 0 Å². The molecule has 0 unspecified atom stereocenters. The zero-order valence-electron chi connectivity index (χ0n) is 29.8. The maximum absolute atomic E-state index is 5.24. The van der Waals surface area contributed by atoms with Gasteiger partial charge in [0.2, 0.25) is 0 Å². The average Bonchev–Trinajstić information content (AvgIpc) is 3.60. The highest BCUT2D eigenvalue weighted by Gasteiger charge is 2.20. The van der Waals surface area contributed by atoms with E-state index in [1.165, 1.54) is 38.2 Å². The molecule has 0 spiro atoms. The molecule has 4 nitrogen and oxygen atoms in total. The van der Waals surface area contributed by atoms with Gasteiger partial charge in [-0.3, -0.25) is 0 Å². The van der Waals surface area contributed by atoms with Crippen molar-refractivity contribution >= 4 is 54.1 Å². The van der Waals surface area contributed by atoms with Gasteiger partial charge in [0.05, 0.1) is 16.7 Å². The number of hydrogen-bond acceptors (Lipinski definition) is 3. The molecule has 11 aromatic rings.